The van der Waals surface area contributed by atoms with E-state index in [-0.39, 0.29) is 11.8 Å². The van der Waals surface area contributed by atoms with Crippen molar-refractivity contribution in [3.8, 4) is 0 Å². The van der Waals surface area contributed by atoms with Gasteiger partial charge in [0.2, 0.25) is 5.91 Å². The number of aryl methyl sites for hydroxylation is 2. The molecule has 5 heteroatoms. The molecular weight excluding hydrogens is 306 g/mol. The molecule has 1 N–H and O–H groups in total. The molecular formula is C18H29N3OS. The summed E-state index contributed by atoms with van der Waals surface area (Å²) < 4.78 is 0. The largest absolute Gasteiger partial charge is 0.351 e. The lowest BCUT2D eigenvalue weighted by molar-refractivity contribution is -0.127. The SMILES string of the molecule is CCc1nc(C)sc1CNC(=O)[C@@H]1CCCN(C2CCCC2)C1. The second-order valence-corrected chi connectivity index (χ2v) is 8.23. The Morgan fingerprint density at radius 3 is 2.83 bits per heavy atom. The van der Waals surface area contributed by atoms with Crippen molar-refractivity contribution in [3.63, 3.8) is 0 Å². The van der Waals surface area contributed by atoms with Crippen molar-refractivity contribution in [1.29, 1.82) is 0 Å². The first-order chi connectivity index (χ1) is 11.2. The maximum absolute atomic E-state index is 12.6. The molecule has 1 saturated heterocycles. The van der Waals surface area contributed by atoms with E-state index in [1.54, 1.807) is 11.3 Å². The predicted molar refractivity (Wildman–Crippen MR) is 94.6 cm³/mol. The molecule has 0 aromatic carbocycles. The summed E-state index contributed by atoms with van der Waals surface area (Å²) in [4.78, 5) is 20.9. The molecule has 0 radical (unpaired) electrons. The van der Waals surface area contributed by atoms with Gasteiger partial charge in [-0.05, 0) is 45.6 Å². The summed E-state index contributed by atoms with van der Waals surface area (Å²) in [7, 11) is 0. The highest BCUT2D eigenvalue weighted by atomic mass is 32.1. The third-order valence-corrected chi connectivity index (χ3v) is 6.32. The highest BCUT2D eigenvalue weighted by Gasteiger charge is 2.31. The summed E-state index contributed by atoms with van der Waals surface area (Å²) in [6.07, 6.45) is 8.52. The Balaban J connectivity index is 1.53. The van der Waals surface area contributed by atoms with Crippen LogP contribution in [0.25, 0.3) is 0 Å². The molecule has 2 aliphatic rings. The molecule has 4 nitrogen and oxygen atoms in total. The number of nitrogens with one attached hydrogen (secondary N) is 1. The number of likely N-dealkylation sites (tertiary alicyclic amines) is 1. The number of rotatable bonds is 5. The zero-order valence-corrected chi connectivity index (χ0v) is 15.3. The molecule has 1 saturated carbocycles. The molecule has 0 unspecified atom stereocenters. The van der Waals surface area contributed by atoms with Crippen LogP contribution in [-0.4, -0.2) is 34.9 Å². The van der Waals surface area contributed by atoms with Crippen LogP contribution in [0.5, 0.6) is 0 Å². The highest BCUT2D eigenvalue weighted by molar-refractivity contribution is 7.11. The normalized spacial score (nSPS) is 23.3. The fourth-order valence-electron chi connectivity index (χ4n) is 4.06. The van der Waals surface area contributed by atoms with Gasteiger partial charge in [-0.1, -0.05) is 19.8 Å². The van der Waals surface area contributed by atoms with Crippen molar-refractivity contribution >= 4 is 17.2 Å². The van der Waals surface area contributed by atoms with Crippen LogP contribution in [0, 0.1) is 12.8 Å². The second-order valence-electron chi connectivity index (χ2n) is 6.95. The van der Waals surface area contributed by atoms with Gasteiger partial charge in [0.25, 0.3) is 0 Å². The maximum Gasteiger partial charge on any atom is 0.224 e. The number of carbonyl (C=O) groups excluding carboxylic acids is 1. The highest BCUT2D eigenvalue weighted by Crippen LogP contribution is 2.28. The lowest BCUT2D eigenvalue weighted by Gasteiger charge is -2.36. The van der Waals surface area contributed by atoms with Crippen LogP contribution in [-0.2, 0) is 17.8 Å². The lowest BCUT2D eigenvalue weighted by atomic mass is 9.95. The van der Waals surface area contributed by atoms with Crippen LogP contribution in [0.2, 0.25) is 0 Å². The third kappa shape index (κ3) is 4.13. The van der Waals surface area contributed by atoms with Gasteiger partial charge in [-0.3, -0.25) is 9.69 Å². The van der Waals surface area contributed by atoms with Crippen molar-refractivity contribution in [2.24, 2.45) is 5.92 Å². The van der Waals surface area contributed by atoms with Crippen LogP contribution in [0.4, 0.5) is 0 Å². The number of amides is 1. The minimum absolute atomic E-state index is 0.170. The standard InChI is InChI=1S/C18H29N3OS/c1-3-16-17(23-13(2)20-16)11-19-18(22)14-7-6-10-21(12-14)15-8-4-5-9-15/h14-15H,3-12H2,1-2H3,(H,19,22)/t14-/m1/s1. The van der Waals surface area contributed by atoms with Crippen molar-refractivity contribution in [2.75, 3.05) is 13.1 Å². The fourth-order valence-corrected chi connectivity index (χ4v) is 5.02. The minimum Gasteiger partial charge on any atom is -0.351 e. The molecule has 2 heterocycles. The number of hydrogen-bond donors (Lipinski definition) is 1. The van der Waals surface area contributed by atoms with E-state index in [9.17, 15) is 4.79 Å². The first kappa shape index (κ1) is 16.9. The van der Waals surface area contributed by atoms with Gasteiger partial charge in [0.15, 0.2) is 0 Å². The summed E-state index contributed by atoms with van der Waals surface area (Å²) in [5, 5.41) is 4.27. The van der Waals surface area contributed by atoms with E-state index >= 15 is 0 Å². The molecule has 3 rings (SSSR count). The second kappa shape index (κ2) is 7.75. The average molecular weight is 336 g/mol. The van der Waals surface area contributed by atoms with Gasteiger partial charge in [-0.15, -0.1) is 11.3 Å². The Morgan fingerprint density at radius 2 is 2.09 bits per heavy atom. The van der Waals surface area contributed by atoms with E-state index in [0.717, 1.165) is 42.6 Å². The molecule has 1 aliphatic carbocycles. The predicted octanol–water partition coefficient (Wildman–Crippen LogP) is 3.28. The van der Waals surface area contributed by atoms with Crippen molar-refractivity contribution in [1.82, 2.24) is 15.2 Å². The number of hydrogen-bond acceptors (Lipinski definition) is 4. The van der Waals surface area contributed by atoms with Gasteiger partial charge in [0, 0.05) is 17.5 Å². The van der Waals surface area contributed by atoms with E-state index in [4.69, 9.17) is 0 Å². The molecule has 1 aromatic rings. The van der Waals surface area contributed by atoms with Crippen LogP contribution in [0.3, 0.4) is 0 Å². The number of thiazole rings is 1. The van der Waals surface area contributed by atoms with Gasteiger partial charge in [0.05, 0.1) is 23.2 Å². The monoisotopic (exact) mass is 335 g/mol. The first-order valence-corrected chi connectivity index (χ1v) is 9.96. The molecule has 1 atom stereocenters. The Bertz CT molecular complexity index is 536. The quantitative estimate of drug-likeness (QED) is 0.898. The van der Waals surface area contributed by atoms with Gasteiger partial charge >= 0.3 is 0 Å². The first-order valence-electron chi connectivity index (χ1n) is 9.14. The third-order valence-electron chi connectivity index (χ3n) is 5.31. The zero-order valence-electron chi connectivity index (χ0n) is 14.4. The Morgan fingerprint density at radius 1 is 1.30 bits per heavy atom. The summed E-state index contributed by atoms with van der Waals surface area (Å²) >= 11 is 1.71. The molecule has 0 bridgehead atoms. The van der Waals surface area contributed by atoms with Gasteiger partial charge in [0.1, 0.15) is 0 Å². The van der Waals surface area contributed by atoms with Crippen LogP contribution in [0.15, 0.2) is 0 Å². The molecule has 1 aliphatic heterocycles. The van der Waals surface area contributed by atoms with E-state index < -0.39 is 0 Å². The van der Waals surface area contributed by atoms with Crippen LogP contribution < -0.4 is 5.32 Å². The fraction of sp³-hybridized carbons (Fsp3) is 0.778. The Kier molecular flexibility index (Phi) is 5.70. The molecule has 2 fully saturated rings. The van der Waals surface area contributed by atoms with Crippen molar-refractivity contribution < 1.29 is 4.79 Å². The van der Waals surface area contributed by atoms with Crippen LogP contribution in [0.1, 0.15) is 61.0 Å². The topological polar surface area (TPSA) is 45.2 Å². The number of nitrogens with zero attached hydrogens (tertiary/aromatic N) is 2. The average Bonchev–Trinajstić information content (AvgIpc) is 3.22. The molecule has 1 aromatic heterocycles. The Labute approximate surface area is 143 Å². The molecule has 128 valence electrons. The molecule has 23 heavy (non-hydrogen) atoms. The summed E-state index contributed by atoms with van der Waals surface area (Å²) in [6, 6.07) is 0.737. The van der Waals surface area contributed by atoms with E-state index in [0.29, 0.717) is 6.54 Å². The molecule has 0 spiro atoms. The van der Waals surface area contributed by atoms with E-state index in [1.165, 1.54) is 37.1 Å². The Hall–Kier alpha value is -0.940. The van der Waals surface area contributed by atoms with E-state index in [2.05, 4.69) is 22.1 Å². The van der Waals surface area contributed by atoms with Crippen molar-refractivity contribution in [3.05, 3.63) is 15.6 Å². The number of piperidine rings is 1. The zero-order chi connectivity index (χ0) is 16.2. The molecule has 1 amide bonds. The smallest absolute Gasteiger partial charge is 0.224 e. The number of carbonyl (C=O) groups is 1. The van der Waals surface area contributed by atoms with Gasteiger partial charge in [-0.25, -0.2) is 4.98 Å². The van der Waals surface area contributed by atoms with Crippen molar-refractivity contribution in [2.45, 2.75) is 71.4 Å². The maximum atomic E-state index is 12.6. The summed E-state index contributed by atoms with van der Waals surface area (Å²) in [6.45, 7) is 6.95. The lowest BCUT2D eigenvalue weighted by Crippen LogP contribution is -2.46. The minimum atomic E-state index is 0.170. The summed E-state index contributed by atoms with van der Waals surface area (Å²) in [5.41, 5.74) is 1.14. The van der Waals surface area contributed by atoms with Gasteiger partial charge < -0.3 is 5.32 Å². The van der Waals surface area contributed by atoms with Crippen LogP contribution >= 0.6 is 11.3 Å². The number of aromatic nitrogens is 1. The summed E-state index contributed by atoms with van der Waals surface area (Å²) in [5.74, 6) is 0.407. The van der Waals surface area contributed by atoms with Gasteiger partial charge in [-0.2, -0.15) is 0 Å². The van der Waals surface area contributed by atoms with E-state index in [1.807, 2.05) is 6.92 Å².